The van der Waals surface area contributed by atoms with Crippen molar-refractivity contribution in [2.24, 2.45) is 11.1 Å². The summed E-state index contributed by atoms with van der Waals surface area (Å²) < 4.78 is 8.81. The van der Waals surface area contributed by atoms with Crippen molar-refractivity contribution < 1.29 is 19.1 Å². The zero-order chi connectivity index (χ0) is 11.1. The van der Waals surface area contributed by atoms with Crippen LogP contribution < -0.4 is 0 Å². The summed E-state index contributed by atoms with van der Waals surface area (Å²) in [7, 11) is 2.39. The van der Waals surface area contributed by atoms with Gasteiger partial charge in [0.05, 0.1) is 26.6 Å². The first-order valence-corrected chi connectivity index (χ1v) is 4.03. The maximum atomic E-state index is 11.1. The number of carbonyl (C=O) groups excluding carboxylic acids is 2. The van der Waals surface area contributed by atoms with Gasteiger partial charge in [-0.1, -0.05) is 5.18 Å². The molecule has 0 rings (SSSR count). The number of methoxy groups -OCH3 is 2. The Kier molecular flexibility index (Phi) is 5.43. The van der Waals surface area contributed by atoms with Gasteiger partial charge in [-0.25, -0.2) is 0 Å². The van der Waals surface area contributed by atoms with E-state index >= 15 is 0 Å². The number of carbonyl (C=O) groups is 2. The Morgan fingerprint density at radius 2 is 1.86 bits per heavy atom. The van der Waals surface area contributed by atoms with Crippen molar-refractivity contribution in [3.05, 3.63) is 4.91 Å². The Bertz CT molecular complexity index is 228. The van der Waals surface area contributed by atoms with Crippen molar-refractivity contribution in [1.29, 1.82) is 0 Å². The predicted molar refractivity (Wildman–Crippen MR) is 47.4 cm³/mol. The molecule has 0 saturated heterocycles. The van der Waals surface area contributed by atoms with Crippen LogP contribution in [0.2, 0.25) is 0 Å². The quantitative estimate of drug-likeness (QED) is 0.479. The normalized spacial score (nSPS) is 13.9. The zero-order valence-electron chi connectivity index (χ0n) is 8.35. The predicted octanol–water partition coefficient (Wildman–Crippen LogP) is 0.494. The van der Waals surface area contributed by atoms with Crippen molar-refractivity contribution in [3.8, 4) is 0 Å². The molecule has 0 aromatic carbocycles. The number of hydrogen-bond acceptors (Lipinski definition) is 6. The molecule has 14 heavy (non-hydrogen) atoms. The van der Waals surface area contributed by atoms with Gasteiger partial charge in [-0.15, -0.1) is 0 Å². The maximum absolute atomic E-state index is 11.1. The third-order valence-corrected chi connectivity index (χ3v) is 1.87. The summed E-state index contributed by atoms with van der Waals surface area (Å²) in [5.74, 6) is -2.08. The second kappa shape index (κ2) is 6.06. The summed E-state index contributed by atoms with van der Waals surface area (Å²) in [5.41, 5.74) is 0. The summed E-state index contributed by atoms with van der Waals surface area (Å²) in [6.07, 6.45) is -0.198. The van der Waals surface area contributed by atoms with Crippen LogP contribution in [0, 0.1) is 10.8 Å². The SMILES string of the molecule is COC(=O)CC(C(=O)OC)C(C)N=O. The molecule has 6 heteroatoms. The molecule has 0 fully saturated rings. The summed E-state index contributed by atoms with van der Waals surface area (Å²) in [6.45, 7) is 1.44. The highest BCUT2D eigenvalue weighted by Gasteiger charge is 2.29. The molecule has 0 aromatic rings. The Balaban J connectivity index is 4.47. The van der Waals surface area contributed by atoms with Crippen molar-refractivity contribution in [2.75, 3.05) is 14.2 Å². The van der Waals surface area contributed by atoms with E-state index in [0.29, 0.717) is 0 Å². The molecule has 0 aliphatic carbocycles. The average molecular weight is 203 g/mol. The smallest absolute Gasteiger partial charge is 0.311 e. The van der Waals surface area contributed by atoms with E-state index in [4.69, 9.17) is 0 Å². The maximum Gasteiger partial charge on any atom is 0.311 e. The minimum atomic E-state index is -0.870. The summed E-state index contributed by atoms with van der Waals surface area (Å²) in [6, 6.07) is -0.804. The number of nitroso groups, excluding NO2 is 1. The van der Waals surface area contributed by atoms with Crippen LogP contribution in [0.25, 0.3) is 0 Å². The lowest BCUT2D eigenvalue weighted by Gasteiger charge is -2.14. The molecule has 0 saturated carbocycles. The molecule has 2 unspecified atom stereocenters. The molecule has 0 radical (unpaired) electrons. The van der Waals surface area contributed by atoms with Gasteiger partial charge in [0, 0.05) is 0 Å². The van der Waals surface area contributed by atoms with Crippen LogP contribution in [-0.4, -0.2) is 32.2 Å². The van der Waals surface area contributed by atoms with E-state index in [2.05, 4.69) is 14.7 Å². The molecule has 2 atom stereocenters. The third-order valence-electron chi connectivity index (χ3n) is 1.87. The lowest BCUT2D eigenvalue weighted by molar-refractivity contribution is -0.152. The topological polar surface area (TPSA) is 82.0 Å². The van der Waals surface area contributed by atoms with E-state index < -0.39 is 23.9 Å². The lowest BCUT2D eigenvalue weighted by atomic mass is 9.98. The van der Waals surface area contributed by atoms with Crippen LogP contribution >= 0.6 is 0 Å². The largest absolute Gasteiger partial charge is 0.469 e. The highest BCUT2D eigenvalue weighted by molar-refractivity contribution is 5.80. The number of hydrogen-bond donors (Lipinski definition) is 0. The first-order valence-electron chi connectivity index (χ1n) is 4.03. The Morgan fingerprint density at radius 3 is 2.21 bits per heavy atom. The summed E-state index contributed by atoms with van der Waals surface area (Å²) >= 11 is 0. The number of nitrogens with zero attached hydrogens (tertiary/aromatic N) is 1. The Hall–Kier alpha value is -1.46. The molecule has 6 nitrogen and oxygen atoms in total. The number of esters is 2. The Labute approximate surface area is 81.5 Å². The van der Waals surface area contributed by atoms with Crippen molar-refractivity contribution >= 4 is 11.9 Å². The fraction of sp³-hybridized carbons (Fsp3) is 0.750. The molecule has 0 spiro atoms. The molecule has 0 aliphatic heterocycles. The molecule has 0 aromatic heterocycles. The molecule has 0 amide bonds. The van der Waals surface area contributed by atoms with E-state index in [1.807, 2.05) is 0 Å². The van der Waals surface area contributed by atoms with Crippen molar-refractivity contribution in [3.63, 3.8) is 0 Å². The van der Waals surface area contributed by atoms with Gasteiger partial charge in [0.15, 0.2) is 0 Å². The number of rotatable bonds is 5. The van der Waals surface area contributed by atoms with Gasteiger partial charge < -0.3 is 9.47 Å². The van der Waals surface area contributed by atoms with Gasteiger partial charge in [0.25, 0.3) is 0 Å². The minimum Gasteiger partial charge on any atom is -0.469 e. The molecule has 80 valence electrons. The lowest BCUT2D eigenvalue weighted by Crippen LogP contribution is -2.28. The summed E-state index contributed by atoms with van der Waals surface area (Å²) in [5, 5.41) is 2.69. The van der Waals surface area contributed by atoms with Gasteiger partial charge in [0.1, 0.15) is 6.04 Å². The van der Waals surface area contributed by atoms with Crippen LogP contribution in [-0.2, 0) is 19.1 Å². The fourth-order valence-electron chi connectivity index (χ4n) is 0.939. The van der Waals surface area contributed by atoms with Crippen LogP contribution in [0.3, 0.4) is 0 Å². The third kappa shape index (κ3) is 3.51. The van der Waals surface area contributed by atoms with Gasteiger partial charge >= 0.3 is 11.9 Å². The van der Waals surface area contributed by atoms with Crippen molar-refractivity contribution in [1.82, 2.24) is 0 Å². The molecule has 0 heterocycles. The highest BCUT2D eigenvalue weighted by Crippen LogP contribution is 2.14. The van der Waals surface area contributed by atoms with Crippen LogP contribution in [0.1, 0.15) is 13.3 Å². The Morgan fingerprint density at radius 1 is 1.29 bits per heavy atom. The average Bonchev–Trinajstić information content (AvgIpc) is 2.23. The van der Waals surface area contributed by atoms with Crippen LogP contribution in [0.5, 0.6) is 0 Å². The molecular formula is C8H13NO5. The molecular weight excluding hydrogens is 190 g/mol. The first kappa shape index (κ1) is 12.5. The van der Waals surface area contributed by atoms with Gasteiger partial charge in [-0.05, 0) is 6.92 Å². The van der Waals surface area contributed by atoms with Crippen molar-refractivity contribution in [2.45, 2.75) is 19.4 Å². The van der Waals surface area contributed by atoms with Crippen LogP contribution in [0.4, 0.5) is 0 Å². The molecule has 0 aliphatic rings. The summed E-state index contributed by atoms with van der Waals surface area (Å²) in [4.78, 5) is 32.3. The fourth-order valence-corrected chi connectivity index (χ4v) is 0.939. The second-order valence-electron chi connectivity index (χ2n) is 2.76. The van der Waals surface area contributed by atoms with E-state index in [-0.39, 0.29) is 6.42 Å². The monoisotopic (exact) mass is 203 g/mol. The number of ether oxygens (including phenoxy) is 2. The van der Waals surface area contributed by atoms with E-state index in [1.165, 1.54) is 21.1 Å². The zero-order valence-corrected chi connectivity index (χ0v) is 8.35. The minimum absolute atomic E-state index is 0.198. The van der Waals surface area contributed by atoms with Crippen LogP contribution in [0.15, 0.2) is 5.18 Å². The standard InChI is InChI=1S/C8H13NO5/c1-5(9-12)6(8(11)14-3)4-7(10)13-2/h5-6H,4H2,1-3H3. The van der Waals surface area contributed by atoms with E-state index in [9.17, 15) is 14.5 Å². The molecule has 0 bridgehead atoms. The first-order chi connectivity index (χ1) is 6.56. The van der Waals surface area contributed by atoms with Gasteiger partial charge in [-0.2, -0.15) is 4.91 Å². The second-order valence-corrected chi connectivity index (χ2v) is 2.76. The van der Waals surface area contributed by atoms with E-state index in [0.717, 1.165) is 0 Å². The van der Waals surface area contributed by atoms with E-state index in [1.54, 1.807) is 0 Å². The van der Waals surface area contributed by atoms with Gasteiger partial charge in [0.2, 0.25) is 0 Å². The highest BCUT2D eigenvalue weighted by atomic mass is 16.5. The molecule has 0 N–H and O–H groups in total. The van der Waals surface area contributed by atoms with Gasteiger partial charge in [-0.3, -0.25) is 9.59 Å².